The minimum absolute atomic E-state index is 0.147. The van der Waals surface area contributed by atoms with E-state index in [1.54, 1.807) is 0 Å². The Balaban J connectivity index is 2.11. The smallest absolute Gasteiger partial charge is 0.271 e. The van der Waals surface area contributed by atoms with Crippen LogP contribution in [0.3, 0.4) is 0 Å². The number of nitrogens with zero attached hydrogens (tertiary/aromatic N) is 1. The molecule has 0 saturated heterocycles. The molecule has 22 heavy (non-hydrogen) atoms. The van der Waals surface area contributed by atoms with E-state index in [4.69, 9.17) is 16.3 Å². The van der Waals surface area contributed by atoms with E-state index in [2.05, 4.69) is 10.5 Å². The van der Waals surface area contributed by atoms with Crippen LogP contribution in [0.2, 0.25) is 5.02 Å². The molecule has 2 N–H and O–H groups in total. The van der Waals surface area contributed by atoms with Gasteiger partial charge in [-0.05, 0) is 30.3 Å². The molecule has 0 aliphatic carbocycles. The van der Waals surface area contributed by atoms with Gasteiger partial charge in [0.1, 0.15) is 5.82 Å². The Morgan fingerprint density at radius 2 is 2.05 bits per heavy atom. The molecule has 0 aliphatic rings. The molecular weight excluding hydrogens is 311 g/mol. The zero-order valence-electron chi connectivity index (χ0n) is 11.5. The lowest BCUT2D eigenvalue weighted by atomic mass is 10.2. The summed E-state index contributed by atoms with van der Waals surface area (Å²) in [6.45, 7) is 0. The molecule has 114 valence electrons. The number of phenolic OH excluding ortho intramolecular Hbond substituents is 1. The molecule has 0 aliphatic heterocycles. The van der Waals surface area contributed by atoms with Crippen LogP contribution in [0.15, 0.2) is 41.5 Å². The van der Waals surface area contributed by atoms with Gasteiger partial charge in [-0.2, -0.15) is 5.10 Å². The van der Waals surface area contributed by atoms with E-state index in [0.717, 1.165) is 0 Å². The summed E-state index contributed by atoms with van der Waals surface area (Å²) in [6.07, 6.45) is 1.23. The second kappa shape index (κ2) is 6.91. The molecule has 0 unspecified atom stereocenters. The highest BCUT2D eigenvalue weighted by Gasteiger charge is 2.09. The van der Waals surface area contributed by atoms with Crippen molar-refractivity contribution in [1.82, 2.24) is 5.43 Å². The first-order chi connectivity index (χ1) is 10.5. The predicted octanol–water partition coefficient (Wildman–Crippen LogP) is 2.96. The van der Waals surface area contributed by atoms with E-state index in [1.165, 1.54) is 49.7 Å². The van der Waals surface area contributed by atoms with Crippen molar-refractivity contribution in [1.29, 1.82) is 0 Å². The summed E-state index contributed by atoms with van der Waals surface area (Å²) >= 11 is 5.88. The van der Waals surface area contributed by atoms with E-state index >= 15 is 0 Å². The maximum atomic E-state index is 12.8. The number of methoxy groups -OCH3 is 1. The lowest BCUT2D eigenvalue weighted by Gasteiger charge is -2.06. The first-order valence-electron chi connectivity index (χ1n) is 6.16. The predicted molar refractivity (Wildman–Crippen MR) is 81.1 cm³/mol. The number of carbonyl (C=O) groups is 1. The van der Waals surface area contributed by atoms with Crippen molar-refractivity contribution < 1.29 is 19.0 Å². The summed E-state index contributed by atoms with van der Waals surface area (Å²) in [4.78, 5) is 11.8. The Bertz CT molecular complexity index is 717. The van der Waals surface area contributed by atoms with Crippen LogP contribution in [0, 0.1) is 5.82 Å². The fourth-order valence-electron chi connectivity index (χ4n) is 1.67. The molecule has 0 bridgehead atoms. The number of amides is 1. The first-order valence-corrected chi connectivity index (χ1v) is 6.54. The summed E-state index contributed by atoms with van der Waals surface area (Å²) in [5.41, 5.74) is 2.80. The average Bonchev–Trinajstić information content (AvgIpc) is 2.50. The van der Waals surface area contributed by atoms with E-state index < -0.39 is 11.7 Å². The second-order valence-electron chi connectivity index (χ2n) is 4.25. The summed E-state index contributed by atoms with van der Waals surface area (Å²) in [7, 11) is 1.39. The number of nitrogens with one attached hydrogen (secondary N) is 1. The van der Waals surface area contributed by atoms with Gasteiger partial charge in [-0.25, -0.2) is 9.82 Å². The lowest BCUT2D eigenvalue weighted by molar-refractivity contribution is 0.0955. The van der Waals surface area contributed by atoms with Gasteiger partial charge in [0.2, 0.25) is 0 Å². The van der Waals surface area contributed by atoms with E-state index in [9.17, 15) is 14.3 Å². The van der Waals surface area contributed by atoms with Crippen LogP contribution in [-0.2, 0) is 0 Å². The van der Waals surface area contributed by atoms with Gasteiger partial charge in [0, 0.05) is 22.2 Å². The van der Waals surface area contributed by atoms with Crippen LogP contribution in [0.4, 0.5) is 4.39 Å². The van der Waals surface area contributed by atoms with Crippen molar-refractivity contribution in [2.24, 2.45) is 5.10 Å². The van der Waals surface area contributed by atoms with Crippen LogP contribution < -0.4 is 10.2 Å². The highest BCUT2D eigenvalue weighted by atomic mass is 35.5. The third-order valence-corrected chi connectivity index (χ3v) is 2.98. The van der Waals surface area contributed by atoms with E-state index in [1.807, 2.05) is 0 Å². The maximum Gasteiger partial charge on any atom is 0.271 e. The number of ether oxygens (including phenoxy) is 1. The Kier molecular flexibility index (Phi) is 4.95. The standard InChI is InChI=1S/C15H12ClFN2O3/c1-22-13-7-11(16)6-10(14(13)20)8-18-19-15(21)9-2-4-12(17)5-3-9/h2-8,20H,1H3,(H,19,21). The molecule has 7 heteroatoms. The minimum Gasteiger partial charge on any atom is -0.504 e. The molecular formula is C15H12ClFN2O3. The van der Waals surface area contributed by atoms with E-state index in [-0.39, 0.29) is 22.6 Å². The molecule has 0 aromatic heterocycles. The number of benzene rings is 2. The third kappa shape index (κ3) is 3.73. The summed E-state index contributed by atoms with van der Waals surface area (Å²) in [5.74, 6) is -0.897. The Morgan fingerprint density at radius 3 is 2.68 bits per heavy atom. The van der Waals surface area contributed by atoms with Gasteiger partial charge in [0.05, 0.1) is 13.3 Å². The lowest BCUT2D eigenvalue weighted by Crippen LogP contribution is -2.17. The molecule has 2 aromatic rings. The number of carbonyl (C=O) groups excluding carboxylic acids is 1. The fourth-order valence-corrected chi connectivity index (χ4v) is 1.89. The number of phenols is 1. The maximum absolute atomic E-state index is 12.8. The summed E-state index contributed by atoms with van der Waals surface area (Å²) < 4.78 is 17.7. The molecule has 0 saturated carbocycles. The van der Waals surface area contributed by atoms with Crippen molar-refractivity contribution in [2.75, 3.05) is 7.11 Å². The topological polar surface area (TPSA) is 70.9 Å². The minimum atomic E-state index is -0.510. The number of hydrogen-bond acceptors (Lipinski definition) is 4. The average molecular weight is 323 g/mol. The van der Waals surface area contributed by atoms with Crippen LogP contribution in [0.1, 0.15) is 15.9 Å². The normalized spacial score (nSPS) is 10.7. The van der Waals surface area contributed by atoms with Gasteiger partial charge in [0.15, 0.2) is 11.5 Å². The highest BCUT2D eigenvalue weighted by Crippen LogP contribution is 2.32. The van der Waals surface area contributed by atoms with Crippen LogP contribution >= 0.6 is 11.6 Å². The van der Waals surface area contributed by atoms with Crippen LogP contribution in [-0.4, -0.2) is 24.3 Å². The van der Waals surface area contributed by atoms with Gasteiger partial charge < -0.3 is 9.84 Å². The first kappa shape index (κ1) is 15.8. The Morgan fingerprint density at radius 1 is 1.36 bits per heavy atom. The highest BCUT2D eigenvalue weighted by molar-refractivity contribution is 6.31. The molecule has 0 radical (unpaired) electrons. The summed E-state index contributed by atoms with van der Waals surface area (Å²) in [5, 5.41) is 14.0. The van der Waals surface area contributed by atoms with Gasteiger partial charge in [0.25, 0.3) is 5.91 Å². The van der Waals surface area contributed by atoms with Gasteiger partial charge in [-0.1, -0.05) is 11.6 Å². The van der Waals surface area contributed by atoms with Crippen molar-refractivity contribution >= 4 is 23.7 Å². The molecule has 0 atom stereocenters. The molecule has 0 fully saturated rings. The monoisotopic (exact) mass is 322 g/mol. The number of hydrazone groups is 1. The fraction of sp³-hybridized carbons (Fsp3) is 0.0667. The largest absolute Gasteiger partial charge is 0.504 e. The zero-order chi connectivity index (χ0) is 16.1. The Hall–Kier alpha value is -2.60. The van der Waals surface area contributed by atoms with Gasteiger partial charge in [-0.3, -0.25) is 4.79 Å². The van der Waals surface area contributed by atoms with Crippen molar-refractivity contribution in [2.45, 2.75) is 0 Å². The second-order valence-corrected chi connectivity index (χ2v) is 4.69. The number of aromatic hydroxyl groups is 1. The summed E-state index contributed by atoms with van der Waals surface area (Å²) in [6, 6.07) is 7.93. The Labute approximate surface area is 131 Å². The molecule has 5 nitrogen and oxygen atoms in total. The molecule has 0 spiro atoms. The quantitative estimate of drug-likeness (QED) is 0.671. The number of halogens is 2. The van der Waals surface area contributed by atoms with Crippen molar-refractivity contribution in [3.05, 3.63) is 58.4 Å². The molecule has 1 amide bonds. The van der Waals surface area contributed by atoms with Gasteiger partial charge in [-0.15, -0.1) is 0 Å². The molecule has 2 aromatic carbocycles. The van der Waals surface area contributed by atoms with E-state index in [0.29, 0.717) is 5.02 Å². The van der Waals surface area contributed by atoms with Crippen molar-refractivity contribution in [3.8, 4) is 11.5 Å². The van der Waals surface area contributed by atoms with Crippen molar-refractivity contribution in [3.63, 3.8) is 0 Å². The number of hydrogen-bond donors (Lipinski definition) is 2. The zero-order valence-corrected chi connectivity index (χ0v) is 12.3. The third-order valence-electron chi connectivity index (χ3n) is 2.77. The SMILES string of the molecule is COc1cc(Cl)cc(C=NNC(=O)c2ccc(F)cc2)c1O. The van der Waals surface area contributed by atoms with Crippen LogP contribution in [0.5, 0.6) is 11.5 Å². The molecule has 0 heterocycles. The van der Waals surface area contributed by atoms with Gasteiger partial charge >= 0.3 is 0 Å². The van der Waals surface area contributed by atoms with Crippen LogP contribution in [0.25, 0.3) is 0 Å². The number of rotatable bonds is 4. The molecule has 2 rings (SSSR count).